The third kappa shape index (κ3) is 3.32. The molecule has 1 aromatic carbocycles. The molecule has 0 aliphatic rings. The predicted molar refractivity (Wildman–Crippen MR) is 61.2 cm³/mol. The van der Waals surface area contributed by atoms with Gasteiger partial charge in [0, 0.05) is 12.6 Å². The van der Waals surface area contributed by atoms with E-state index in [0.29, 0.717) is 12.1 Å². The van der Waals surface area contributed by atoms with Gasteiger partial charge in [-0.1, -0.05) is 18.2 Å². The second-order valence-electron chi connectivity index (χ2n) is 3.61. The van der Waals surface area contributed by atoms with Gasteiger partial charge in [0.05, 0.1) is 19.3 Å². The lowest BCUT2D eigenvalue weighted by Gasteiger charge is -2.12. The Morgan fingerprint density at radius 3 is 2.81 bits per heavy atom. The number of hydrogen-bond donors (Lipinski definition) is 2. The lowest BCUT2D eigenvalue weighted by molar-refractivity contribution is 0.0599. The van der Waals surface area contributed by atoms with Crippen molar-refractivity contribution in [1.82, 2.24) is 5.32 Å². The van der Waals surface area contributed by atoms with Gasteiger partial charge >= 0.3 is 5.97 Å². The first kappa shape index (κ1) is 12.7. The van der Waals surface area contributed by atoms with E-state index < -0.39 is 0 Å². The van der Waals surface area contributed by atoms with E-state index in [1.807, 2.05) is 19.1 Å². The number of rotatable bonds is 5. The van der Waals surface area contributed by atoms with Crippen LogP contribution in [-0.2, 0) is 11.3 Å². The second-order valence-corrected chi connectivity index (χ2v) is 3.61. The molecule has 0 unspecified atom stereocenters. The first-order valence-corrected chi connectivity index (χ1v) is 5.19. The Morgan fingerprint density at radius 2 is 2.19 bits per heavy atom. The highest BCUT2D eigenvalue weighted by Crippen LogP contribution is 2.09. The van der Waals surface area contributed by atoms with Crippen LogP contribution < -0.4 is 5.32 Å². The van der Waals surface area contributed by atoms with E-state index in [0.717, 1.165) is 5.56 Å². The first-order valence-electron chi connectivity index (χ1n) is 5.19. The van der Waals surface area contributed by atoms with Crippen LogP contribution in [0.25, 0.3) is 0 Å². The number of benzene rings is 1. The summed E-state index contributed by atoms with van der Waals surface area (Å²) in [5.74, 6) is -0.339. The maximum Gasteiger partial charge on any atom is 0.338 e. The van der Waals surface area contributed by atoms with Gasteiger partial charge in [-0.05, 0) is 18.6 Å². The monoisotopic (exact) mass is 223 g/mol. The highest BCUT2D eigenvalue weighted by atomic mass is 16.5. The van der Waals surface area contributed by atoms with Crippen molar-refractivity contribution >= 4 is 5.97 Å². The molecule has 0 saturated heterocycles. The summed E-state index contributed by atoms with van der Waals surface area (Å²) in [6, 6.07) is 7.26. The molecule has 2 N–H and O–H groups in total. The number of carbonyl (C=O) groups excluding carboxylic acids is 1. The number of methoxy groups -OCH3 is 1. The average Bonchev–Trinajstić information content (AvgIpc) is 2.35. The molecule has 0 bridgehead atoms. The average molecular weight is 223 g/mol. The van der Waals surface area contributed by atoms with Gasteiger partial charge in [-0.15, -0.1) is 0 Å². The number of esters is 1. The van der Waals surface area contributed by atoms with Crippen molar-refractivity contribution in [3.8, 4) is 0 Å². The van der Waals surface area contributed by atoms with Gasteiger partial charge in [0.1, 0.15) is 0 Å². The van der Waals surface area contributed by atoms with E-state index >= 15 is 0 Å². The van der Waals surface area contributed by atoms with Crippen molar-refractivity contribution in [2.45, 2.75) is 19.5 Å². The minimum absolute atomic E-state index is 0.00528. The van der Waals surface area contributed by atoms with Gasteiger partial charge in [0.25, 0.3) is 0 Å². The van der Waals surface area contributed by atoms with E-state index in [9.17, 15) is 4.79 Å². The quantitative estimate of drug-likeness (QED) is 0.729. The van der Waals surface area contributed by atoms with Crippen LogP contribution in [0.5, 0.6) is 0 Å². The molecule has 16 heavy (non-hydrogen) atoms. The Balaban J connectivity index is 2.75. The van der Waals surface area contributed by atoms with Gasteiger partial charge in [-0.2, -0.15) is 0 Å². The largest absolute Gasteiger partial charge is 0.465 e. The lowest BCUT2D eigenvalue weighted by atomic mass is 10.1. The molecule has 4 heteroatoms. The van der Waals surface area contributed by atoms with Crippen LogP contribution in [-0.4, -0.2) is 30.8 Å². The van der Waals surface area contributed by atoms with E-state index in [2.05, 4.69) is 5.32 Å². The summed E-state index contributed by atoms with van der Waals surface area (Å²) in [5, 5.41) is 12.0. The molecule has 0 aliphatic heterocycles. The Kier molecular flexibility index (Phi) is 4.95. The second kappa shape index (κ2) is 6.25. The fourth-order valence-corrected chi connectivity index (χ4v) is 1.33. The molecule has 0 radical (unpaired) electrons. The number of carbonyl (C=O) groups is 1. The fourth-order valence-electron chi connectivity index (χ4n) is 1.33. The van der Waals surface area contributed by atoms with Crippen LogP contribution in [0.15, 0.2) is 24.3 Å². The lowest BCUT2D eigenvalue weighted by Crippen LogP contribution is -2.29. The smallest absolute Gasteiger partial charge is 0.338 e. The molecule has 1 rings (SSSR count). The van der Waals surface area contributed by atoms with E-state index in [4.69, 9.17) is 9.84 Å². The third-order valence-electron chi connectivity index (χ3n) is 2.34. The SMILES string of the molecule is COC(=O)c1ccccc1CN[C@H](C)CO. The number of aliphatic hydroxyl groups excluding tert-OH is 1. The minimum atomic E-state index is -0.339. The van der Waals surface area contributed by atoms with Crippen LogP contribution in [0.1, 0.15) is 22.8 Å². The molecule has 0 heterocycles. The molecule has 0 fully saturated rings. The van der Waals surface area contributed by atoms with Gasteiger partial charge in [-0.3, -0.25) is 0 Å². The van der Waals surface area contributed by atoms with Crippen molar-refractivity contribution in [2.75, 3.05) is 13.7 Å². The molecule has 1 aromatic rings. The molecule has 88 valence electrons. The zero-order valence-electron chi connectivity index (χ0n) is 9.56. The summed E-state index contributed by atoms with van der Waals surface area (Å²) in [5.41, 5.74) is 1.43. The van der Waals surface area contributed by atoms with Crippen molar-refractivity contribution in [3.63, 3.8) is 0 Å². The normalized spacial score (nSPS) is 12.2. The summed E-state index contributed by atoms with van der Waals surface area (Å²) >= 11 is 0. The Labute approximate surface area is 95.2 Å². The van der Waals surface area contributed by atoms with Crippen LogP contribution in [0, 0.1) is 0 Å². The fraction of sp³-hybridized carbons (Fsp3) is 0.417. The van der Waals surface area contributed by atoms with Crippen molar-refractivity contribution in [1.29, 1.82) is 0 Å². The Hall–Kier alpha value is -1.39. The summed E-state index contributed by atoms with van der Waals surface area (Å²) in [6.07, 6.45) is 0. The van der Waals surface area contributed by atoms with Gasteiger partial charge in [0.2, 0.25) is 0 Å². The van der Waals surface area contributed by atoms with E-state index in [-0.39, 0.29) is 18.6 Å². The molecule has 0 spiro atoms. The number of ether oxygens (including phenoxy) is 1. The van der Waals surface area contributed by atoms with Crippen LogP contribution >= 0.6 is 0 Å². The van der Waals surface area contributed by atoms with Crippen LogP contribution in [0.3, 0.4) is 0 Å². The van der Waals surface area contributed by atoms with Crippen molar-refractivity contribution in [2.24, 2.45) is 0 Å². The minimum Gasteiger partial charge on any atom is -0.465 e. The summed E-state index contributed by atoms with van der Waals surface area (Å²) in [6.45, 7) is 2.48. The van der Waals surface area contributed by atoms with Crippen LogP contribution in [0.4, 0.5) is 0 Å². The van der Waals surface area contributed by atoms with Crippen molar-refractivity contribution in [3.05, 3.63) is 35.4 Å². The zero-order chi connectivity index (χ0) is 12.0. The summed E-state index contributed by atoms with van der Waals surface area (Å²) < 4.78 is 4.69. The summed E-state index contributed by atoms with van der Waals surface area (Å²) in [7, 11) is 1.36. The third-order valence-corrected chi connectivity index (χ3v) is 2.34. The number of nitrogens with one attached hydrogen (secondary N) is 1. The summed E-state index contributed by atoms with van der Waals surface area (Å²) in [4.78, 5) is 11.4. The predicted octanol–water partition coefficient (Wildman–Crippen LogP) is 0.944. The van der Waals surface area contributed by atoms with Gasteiger partial charge in [0.15, 0.2) is 0 Å². The molecular weight excluding hydrogens is 206 g/mol. The number of aliphatic hydroxyl groups is 1. The maximum atomic E-state index is 11.4. The molecule has 1 atom stereocenters. The zero-order valence-corrected chi connectivity index (χ0v) is 9.56. The topological polar surface area (TPSA) is 58.6 Å². The highest BCUT2D eigenvalue weighted by molar-refractivity contribution is 5.90. The molecular formula is C12H17NO3. The standard InChI is InChI=1S/C12H17NO3/c1-9(8-14)13-7-10-5-3-4-6-11(10)12(15)16-2/h3-6,9,13-14H,7-8H2,1-2H3/t9-/m1/s1. The van der Waals surface area contributed by atoms with E-state index in [1.165, 1.54) is 7.11 Å². The molecule has 0 saturated carbocycles. The molecule has 0 aromatic heterocycles. The van der Waals surface area contributed by atoms with Crippen molar-refractivity contribution < 1.29 is 14.6 Å². The Bertz CT molecular complexity index is 352. The molecule has 0 aliphatic carbocycles. The van der Waals surface area contributed by atoms with E-state index in [1.54, 1.807) is 12.1 Å². The van der Waals surface area contributed by atoms with Crippen LogP contribution in [0.2, 0.25) is 0 Å². The molecule has 0 amide bonds. The molecule has 4 nitrogen and oxygen atoms in total. The maximum absolute atomic E-state index is 11.4. The van der Waals surface area contributed by atoms with Gasteiger partial charge < -0.3 is 15.2 Å². The highest BCUT2D eigenvalue weighted by Gasteiger charge is 2.10. The van der Waals surface area contributed by atoms with Gasteiger partial charge in [-0.25, -0.2) is 4.79 Å². The first-order chi connectivity index (χ1) is 7.69. The number of hydrogen-bond acceptors (Lipinski definition) is 4. The Morgan fingerprint density at radius 1 is 1.50 bits per heavy atom.